The van der Waals surface area contributed by atoms with Crippen molar-refractivity contribution in [2.24, 2.45) is 0 Å². The summed E-state index contributed by atoms with van der Waals surface area (Å²) in [6.45, 7) is 6.80. The average Bonchev–Trinajstić information content (AvgIpc) is 2.85. The van der Waals surface area contributed by atoms with E-state index in [4.69, 9.17) is 4.74 Å². The van der Waals surface area contributed by atoms with E-state index in [1.807, 2.05) is 18.2 Å². The van der Waals surface area contributed by atoms with Crippen molar-refractivity contribution in [1.82, 2.24) is 4.98 Å². The molecule has 0 fully saturated rings. The van der Waals surface area contributed by atoms with Crippen LogP contribution in [0.15, 0.2) is 28.1 Å². The maximum atomic E-state index is 9.34. The Morgan fingerprint density at radius 3 is 2.70 bits per heavy atom. The summed E-state index contributed by atoms with van der Waals surface area (Å²) in [5.41, 5.74) is 1.90. The van der Waals surface area contributed by atoms with Crippen LogP contribution in [0, 0.1) is 0 Å². The Kier molecular flexibility index (Phi) is 4.83. The Morgan fingerprint density at radius 2 is 2.10 bits per heavy atom. The molecule has 0 unspecified atom stereocenters. The van der Waals surface area contributed by atoms with Crippen LogP contribution in [0.5, 0.6) is 5.75 Å². The molecule has 1 N–H and O–H groups in total. The summed E-state index contributed by atoms with van der Waals surface area (Å²) in [5, 5.41) is 12.4. The molecule has 0 bridgehead atoms. The lowest BCUT2D eigenvalue weighted by atomic mass is 9.93. The zero-order valence-electron chi connectivity index (χ0n) is 11.8. The second-order valence-corrected chi connectivity index (χ2v) is 7.35. The predicted molar refractivity (Wildman–Crippen MR) is 85.2 cm³/mol. The van der Waals surface area contributed by atoms with Crippen LogP contribution in [0.4, 0.5) is 0 Å². The highest BCUT2D eigenvalue weighted by Gasteiger charge is 2.17. The summed E-state index contributed by atoms with van der Waals surface area (Å²) in [6.07, 6.45) is 0. The lowest BCUT2D eigenvalue weighted by molar-refractivity contribution is 0.257. The van der Waals surface area contributed by atoms with Crippen LogP contribution >= 0.6 is 27.3 Å². The van der Waals surface area contributed by atoms with E-state index >= 15 is 0 Å². The van der Waals surface area contributed by atoms with Crippen molar-refractivity contribution in [2.45, 2.75) is 39.4 Å². The molecule has 2 rings (SSSR count). The number of hydrogen-bond acceptors (Lipinski definition) is 4. The van der Waals surface area contributed by atoms with E-state index in [1.165, 1.54) is 0 Å². The number of rotatable bonds is 4. The molecule has 0 amide bonds. The summed E-state index contributed by atoms with van der Waals surface area (Å²) in [5.74, 6) is 0.683. The van der Waals surface area contributed by atoms with Crippen molar-refractivity contribution in [3.63, 3.8) is 0 Å². The van der Waals surface area contributed by atoms with Gasteiger partial charge in [0.05, 0.1) is 16.8 Å². The Bertz CT molecular complexity index is 590. The number of para-hydroxylation sites is 1. The number of halogens is 1. The largest absolute Gasteiger partial charge is 0.485 e. The summed E-state index contributed by atoms with van der Waals surface area (Å²) in [7, 11) is 0. The van der Waals surface area contributed by atoms with Crippen LogP contribution in [0.3, 0.4) is 0 Å². The molecule has 1 heterocycles. The summed E-state index contributed by atoms with van der Waals surface area (Å²) in [6, 6.07) is 5.63. The van der Waals surface area contributed by atoms with E-state index in [0.717, 1.165) is 20.7 Å². The quantitative estimate of drug-likeness (QED) is 0.889. The van der Waals surface area contributed by atoms with Gasteiger partial charge in [0.25, 0.3) is 0 Å². The number of aliphatic hydroxyl groups is 1. The Balaban J connectivity index is 2.11. The molecule has 1 aromatic carbocycles. The normalized spacial score (nSPS) is 11.7. The van der Waals surface area contributed by atoms with E-state index in [2.05, 4.69) is 47.1 Å². The maximum Gasteiger partial charge on any atom is 0.140 e. The van der Waals surface area contributed by atoms with E-state index in [1.54, 1.807) is 11.3 Å². The lowest BCUT2D eigenvalue weighted by Gasteiger charge is -2.14. The van der Waals surface area contributed by atoms with Crippen molar-refractivity contribution < 1.29 is 9.84 Å². The van der Waals surface area contributed by atoms with Gasteiger partial charge in [0, 0.05) is 16.4 Å². The van der Waals surface area contributed by atoms with E-state index in [-0.39, 0.29) is 12.0 Å². The first-order chi connectivity index (χ1) is 9.41. The first-order valence-corrected chi connectivity index (χ1v) is 8.05. The van der Waals surface area contributed by atoms with Crippen molar-refractivity contribution in [2.75, 3.05) is 0 Å². The molecule has 1 aromatic heterocycles. The van der Waals surface area contributed by atoms with Gasteiger partial charge in [-0.25, -0.2) is 4.98 Å². The van der Waals surface area contributed by atoms with Gasteiger partial charge in [-0.3, -0.25) is 0 Å². The third-order valence-electron chi connectivity index (χ3n) is 2.88. The predicted octanol–water partition coefficient (Wildman–Crippen LogP) is 4.27. The van der Waals surface area contributed by atoms with Crippen molar-refractivity contribution >= 4 is 27.3 Å². The number of thiazole rings is 1. The highest BCUT2D eigenvalue weighted by molar-refractivity contribution is 9.10. The van der Waals surface area contributed by atoms with Crippen LogP contribution in [-0.4, -0.2) is 10.1 Å². The zero-order valence-corrected chi connectivity index (χ0v) is 14.2. The minimum Gasteiger partial charge on any atom is -0.485 e. The molecule has 0 spiro atoms. The molecule has 5 heteroatoms. The highest BCUT2D eigenvalue weighted by Crippen LogP contribution is 2.30. The summed E-state index contributed by atoms with van der Waals surface area (Å²) in [4.78, 5) is 4.60. The van der Waals surface area contributed by atoms with Crippen LogP contribution in [0.1, 0.15) is 37.0 Å². The van der Waals surface area contributed by atoms with Crippen LogP contribution < -0.4 is 4.74 Å². The first-order valence-electron chi connectivity index (χ1n) is 6.37. The molecule has 108 valence electrons. The minimum atomic E-state index is -0.0418. The fourth-order valence-corrected chi connectivity index (χ4v) is 3.15. The monoisotopic (exact) mass is 355 g/mol. The third-order valence-corrected chi connectivity index (χ3v) is 4.33. The van der Waals surface area contributed by atoms with E-state index in [9.17, 15) is 5.11 Å². The molecule has 0 aliphatic heterocycles. The second-order valence-electron chi connectivity index (χ2n) is 5.55. The number of ether oxygens (including phenoxy) is 1. The number of hydrogen-bond donors (Lipinski definition) is 1. The maximum absolute atomic E-state index is 9.34. The Morgan fingerprint density at radius 1 is 1.35 bits per heavy atom. The van der Waals surface area contributed by atoms with Gasteiger partial charge < -0.3 is 9.84 Å². The average molecular weight is 356 g/mol. The molecule has 0 saturated heterocycles. The van der Waals surface area contributed by atoms with Crippen LogP contribution in [-0.2, 0) is 18.6 Å². The SMILES string of the molecule is CC(C)(C)c1csc(COc2c(Br)cccc2CO)n1. The molecule has 3 nitrogen and oxygen atoms in total. The first kappa shape index (κ1) is 15.5. The molecule has 20 heavy (non-hydrogen) atoms. The van der Waals surface area contributed by atoms with E-state index < -0.39 is 0 Å². The van der Waals surface area contributed by atoms with Crippen molar-refractivity contribution in [3.05, 3.63) is 44.3 Å². The van der Waals surface area contributed by atoms with Gasteiger partial charge in [0.1, 0.15) is 17.4 Å². The molecule has 0 saturated carbocycles. The molecule has 0 aliphatic rings. The fourth-order valence-electron chi connectivity index (χ4n) is 1.70. The topological polar surface area (TPSA) is 42.4 Å². The minimum absolute atomic E-state index is 0.0418. The second kappa shape index (κ2) is 6.24. The summed E-state index contributed by atoms with van der Waals surface area (Å²) < 4.78 is 6.66. The van der Waals surface area contributed by atoms with Gasteiger partial charge in [-0.1, -0.05) is 32.9 Å². The van der Waals surface area contributed by atoms with Gasteiger partial charge in [0.2, 0.25) is 0 Å². The lowest BCUT2D eigenvalue weighted by Crippen LogP contribution is -2.11. The molecular weight excluding hydrogens is 338 g/mol. The Labute approximate surface area is 131 Å². The van der Waals surface area contributed by atoms with Gasteiger partial charge in [0.15, 0.2) is 0 Å². The molecule has 0 aliphatic carbocycles. The smallest absolute Gasteiger partial charge is 0.140 e. The molecule has 2 aromatic rings. The number of aliphatic hydroxyl groups excluding tert-OH is 1. The van der Waals surface area contributed by atoms with Gasteiger partial charge >= 0.3 is 0 Å². The Hall–Kier alpha value is -0.910. The molecule has 0 atom stereocenters. The number of aromatic nitrogens is 1. The molecule has 0 radical (unpaired) electrons. The van der Waals surface area contributed by atoms with Gasteiger partial charge in [-0.05, 0) is 22.0 Å². The van der Waals surface area contributed by atoms with Crippen LogP contribution in [0.2, 0.25) is 0 Å². The highest BCUT2D eigenvalue weighted by atomic mass is 79.9. The van der Waals surface area contributed by atoms with E-state index in [0.29, 0.717) is 12.4 Å². The zero-order chi connectivity index (χ0) is 14.8. The molecular formula is C15H18BrNO2S. The number of benzene rings is 1. The van der Waals surface area contributed by atoms with Gasteiger partial charge in [-0.15, -0.1) is 11.3 Å². The van der Waals surface area contributed by atoms with Crippen molar-refractivity contribution in [3.8, 4) is 5.75 Å². The standard InChI is InChI=1S/C15H18BrNO2S/c1-15(2,3)12-9-20-13(17-12)8-19-14-10(7-18)5-4-6-11(14)16/h4-6,9,18H,7-8H2,1-3H3. The number of nitrogens with zero attached hydrogens (tertiary/aromatic N) is 1. The third kappa shape index (κ3) is 3.59. The summed E-state index contributed by atoms with van der Waals surface area (Å²) >= 11 is 5.05. The van der Waals surface area contributed by atoms with Crippen LogP contribution in [0.25, 0.3) is 0 Å². The van der Waals surface area contributed by atoms with Crippen molar-refractivity contribution in [1.29, 1.82) is 0 Å². The fraction of sp³-hybridized carbons (Fsp3) is 0.400. The van der Waals surface area contributed by atoms with Gasteiger partial charge in [-0.2, -0.15) is 0 Å².